The number of benzene rings is 1. The van der Waals surface area contributed by atoms with E-state index in [1.807, 2.05) is 35.1 Å². The number of rotatable bonds is 14. The fraction of sp³-hybridized carbons (Fsp3) is 0.500. The molecule has 0 amide bonds. The molecule has 1 saturated heterocycles. The summed E-state index contributed by atoms with van der Waals surface area (Å²) in [5, 5.41) is 4.92. The lowest BCUT2D eigenvalue weighted by Gasteiger charge is -2.32. The lowest BCUT2D eigenvalue weighted by molar-refractivity contribution is 0.0941. The summed E-state index contributed by atoms with van der Waals surface area (Å²) in [5.74, 6) is 1.85. The van der Waals surface area contributed by atoms with Gasteiger partial charge in [0.05, 0.1) is 11.9 Å². The molecule has 0 atom stereocenters. The summed E-state index contributed by atoms with van der Waals surface area (Å²) >= 11 is 4.00. The SMILES string of the molecule is C[Si](C)(C)CCOCN(COCC[Si](C)(C)C)c1c(Br)c(N2CCCCC2)nc2c(-c3ccc(-c4ccccc4)nc3)cnn12. The molecular formula is C34H49BrN6O2Si2. The lowest BCUT2D eigenvalue weighted by atomic mass is 10.1. The van der Waals surface area contributed by atoms with E-state index in [1.165, 1.54) is 6.42 Å². The first-order valence-electron chi connectivity index (χ1n) is 16.2. The van der Waals surface area contributed by atoms with Gasteiger partial charge in [-0.3, -0.25) is 4.98 Å². The van der Waals surface area contributed by atoms with Gasteiger partial charge in [0.15, 0.2) is 11.5 Å². The molecule has 4 aromatic rings. The van der Waals surface area contributed by atoms with Crippen molar-refractivity contribution in [3.8, 4) is 22.4 Å². The van der Waals surface area contributed by atoms with Crippen LogP contribution in [0.15, 0.2) is 59.3 Å². The highest BCUT2D eigenvalue weighted by molar-refractivity contribution is 9.10. The molecule has 45 heavy (non-hydrogen) atoms. The van der Waals surface area contributed by atoms with Gasteiger partial charge in [0.25, 0.3) is 0 Å². The van der Waals surface area contributed by atoms with E-state index in [2.05, 4.69) is 89.3 Å². The number of nitrogens with zero attached hydrogens (tertiary/aromatic N) is 6. The van der Waals surface area contributed by atoms with Crippen molar-refractivity contribution in [1.82, 2.24) is 19.6 Å². The number of anilines is 2. The van der Waals surface area contributed by atoms with Crippen molar-refractivity contribution in [1.29, 1.82) is 0 Å². The predicted octanol–water partition coefficient (Wildman–Crippen LogP) is 8.64. The summed E-state index contributed by atoms with van der Waals surface area (Å²) in [4.78, 5) is 14.7. The molecule has 3 aromatic heterocycles. The van der Waals surface area contributed by atoms with Gasteiger partial charge in [0, 0.05) is 65.3 Å². The highest BCUT2D eigenvalue weighted by atomic mass is 79.9. The Hall–Kier alpha value is -2.58. The molecule has 0 unspecified atom stereocenters. The summed E-state index contributed by atoms with van der Waals surface area (Å²) in [5.41, 5.74) is 4.78. The zero-order valence-corrected chi connectivity index (χ0v) is 31.4. The second-order valence-corrected chi connectivity index (χ2v) is 26.5. The number of hydrogen-bond acceptors (Lipinski definition) is 7. The third-order valence-corrected chi connectivity index (χ3v) is 12.3. The molecule has 0 aliphatic carbocycles. The van der Waals surface area contributed by atoms with Gasteiger partial charge in [-0.1, -0.05) is 75.7 Å². The Morgan fingerprint density at radius 2 is 1.44 bits per heavy atom. The van der Waals surface area contributed by atoms with Gasteiger partial charge in [0.1, 0.15) is 23.8 Å². The zero-order valence-electron chi connectivity index (χ0n) is 27.9. The van der Waals surface area contributed by atoms with Gasteiger partial charge < -0.3 is 19.3 Å². The monoisotopic (exact) mass is 708 g/mol. The third-order valence-electron chi connectivity index (χ3n) is 8.14. The van der Waals surface area contributed by atoms with Crippen LogP contribution < -0.4 is 9.80 Å². The van der Waals surface area contributed by atoms with Crippen LogP contribution >= 0.6 is 15.9 Å². The molecule has 1 fully saturated rings. The average Bonchev–Trinajstić information content (AvgIpc) is 3.44. The third kappa shape index (κ3) is 9.03. The first-order chi connectivity index (χ1) is 21.5. The van der Waals surface area contributed by atoms with Crippen LogP contribution in [0.4, 0.5) is 11.6 Å². The van der Waals surface area contributed by atoms with Gasteiger partial charge >= 0.3 is 0 Å². The smallest absolute Gasteiger partial charge is 0.167 e. The first-order valence-corrected chi connectivity index (χ1v) is 24.5. The zero-order chi connectivity index (χ0) is 32.0. The van der Waals surface area contributed by atoms with Crippen molar-refractivity contribution in [3.05, 3.63) is 59.3 Å². The van der Waals surface area contributed by atoms with E-state index in [4.69, 9.17) is 24.5 Å². The Labute approximate surface area is 279 Å². The highest BCUT2D eigenvalue weighted by Crippen LogP contribution is 2.38. The fourth-order valence-corrected chi connectivity index (χ4v) is 7.61. The Kier molecular flexibility index (Phi) is 11.2. The topological polar surface area (TPSA) is 68.0 Å². The molecule has 5 rings (SSSR count). The van der Waals surface area contributed by atoms with Gasteiger partial charge in [-0.2, -0.15) is 9.61 Å². The molecule has 1 aliphatic heterocycles. The van der Waals surface area contributed by atoms with Gasteiger partial charge in [-0.05, 0) is 53.3 Å². The summed E-state index contributed by atoms with van der Waals surface area (Å²) in [7, 11) is -2.45. The van der Waals surface area contributed by atoms with Crippen molar-refractivity contribution in [2.75, 3.05) is 49.6 Å². The van der Waals surface area contributed by atoms with Crippen LogP contribution in [0.1, 0.15) is 19.3 Å². The maximum Gasteiger partial charge on any atom is 0.167 e. The van der Waals surface area contributed by atoms with E-state index in [0.29, 0.717) is 13.5 Å². The van der Waals surface area contributed by atoms with Crippen molar-refractivity contribution in [2.24, 2.45) is 0 Å². The standard InChI is InChI=1S/C34H49BrN6O2Si2/c1-44(2,3)21-19-42-25-40(26-43-20-22-45(4,5)6)34-31(35)33(39-17-11-8-12-18-39)38-32-29(24-37-41(32)34)28-15-16-30(36-23-28)27-13-9-7-10-14-27/h7,9-10,13-16,23-24H,8,11-12,17-22,25-26H2,1-6H3. The lowest BCUT2D eigenvalue weighted by Crippen LogP contribution is -2.35. The van der Waals surface area contributed by atoms with Gasteiger partial charge in [-0.25, -0.2) is 4.98 Å². The Morgan fingerprint density at radius 1 is 0.800 bits per heavy atom. The molecule has 1 aromatic carbocycles. The van der Waals surface area contributed by atoms with Crippen LogP contribution in [0.5, 0.6) is 0 Å². The maximum atomic E-state index is 6.34. The van der Waals surface area contributed by atoms with Gasteiger partial charge in [0.2, 0.25) is 0 Å². The fourth-order valence-electron chi connectivity index (χ4n) is 5.34. The predicted molar refractivity (Wildman–Crippen MR) is 196 cm³/mol. The van der Waals surface area contributed by atoms with Crippen molar-refractivity contribution >= 4 is 49.4 Å². The Balaban J connectivity index is 1.54. The molecule has 0 bridgehead atoms. The largest absolute Gasteiger partial charge is 0.361 e. The van der Waals surface area contributed by atoms with E-state index in [9.17, 15) is 0 Å². The number of hydrogen-bond donors (Lipinski definition) is 0. The molecular weight excluding hydrogens is 660 g/mol. The van der Waals surface area contributed by atoms with Gasteiger partial charge in [-0.15, -0.1) is 0 Å². The second-order valence-electron chi connectivity index (χ2n) is 14.4. The Morgan fingerprint density at radius 3 is 2.02 bits per heavy atom. The minimum atomic E-state index is -1.23. The van der Waals surface area contributed by atoms with Crippen LogP contribution in [0.25, 0.3) is 28.0 Å². The number of fused-ring (bicyclic) bond motifs is 1. The molecule has 0 N–H and O–H groups in total. The minimum Gasteiger partial charge on any atom is -0.361 e. The molecule has 242 valence electrons. The summed E-state index contributed by atoms with van der Waals surface area (Å²) < 4.78 is 15.6. The molecule has 0 spiro atoms. The number of piperidine rings is 1. The normalized spacial score (nSPS) is 14.3. The maximum absolute atomic E-state index is 6.34. The van der Waals surface area contributed by atoms with Crippen LogP contribution in [0.2, 0.25) is 51.4 Å². The molecule has 8 nitrogen and oxygen atoms in total. The van der Waals surface area contributed by atoms with E-state index < -0.39 is 16.1 Å². The number of aromatic nitrogens is 4. The molecule has 4 heterocycles. The van der Waals surface area contributed by atoms with Crippen molar-refractivity contribution in [3.63, 3.8) is 0 Å². The summed E-state index contributed by atoms with van der Waals surface area (Å²) in [6.45, 7) is 18.6. The highest BCUT2D eigenvalue weighted by Gasteiger charge is 2.27. The Bertz CT molecular complexity index is 1510. The van der Waals surface area contributed by atoms with Crippen LogP contribution in [-0.4, -0.2) is 75.5 Å². The van der Waals surface area contributed by atoms with Crippen LogP contribution in [0.3, 0.4) is 0 Å². The number of halogens is 1. The minimum absolute atomic E-state index is 0.414. The van der Waals surface area contributed by atoms with Crippen molar-refractivity contribution in [2.45, 2.75) is 70.6 Å². The summed E-state index contributed by atoms with van der Waals surface area (Å²) in [6.07, 6.45) is 7.42. The average molecular weight is 710 g/mol. The van der Waals surface area contributed by atoms with Crippen molar-refractivity contribution < 1.29 is 9.47 Å². The van der Waals surface area contributed by atoms with E-state index in [-0.39, 0.29) is 0 Å². The molecule has 0 saturated carbocycles. The number of pyridine rings is 1. The summed E-state index contributed by atoms with van der Waals surface area (Å²) in [6, 6.07) is 16.7. The van der Waals surface area contributed by atoms with Crippen LogP contribution in [0, 0.1) is 0 Å². The van der Waals surface area contributed by atoms with E-state index >= 15 is 0 Å². The first kappa shape index (κ1) is 33.8. The molecule has 1 aliphatic rings. The van der Waals surface area contributed by atoms with Crippen LogP contribution in [-0.2, 0) is 9.47 Å². The quantitative estimate of drug-likeness (QED) is 0.0738. The van der Waals surface area contributed by atoms with E-state index in [1.54, 1.807) is 0 Å². The molecule has 11 heteroatoms. The van der Waals surface area contributed by atoms with E-state index in [0.717, 1.165) is 95.4 Å². The molecule has 0 radical (unpaired) electrons. The second kappa shape index (κ2) is 14.9. The number of ether oxygens (including phenoxy) is 2.